The van der Waals surface area contributed by atoms with Crippen LogP contribution in [0.4, 0.5) is 5.69 Å². The van der Waals surface area contributed by atoms with Crippen LogP contribution < -0.4 is 4.90 Å². The zero-order valence-electron chi connectivity index (χ0n) is 9.56. The van der Waals surface area contributed by atoms with Crippen LogP contribution in [0.25, 0.3) is 0 Å². The van der Waals surface area contributed by atoms with E-state index in [1.165, 1.54) is 5.56 Å². The molecule has 4 nitrogen and oxygen atoms in total. The molecule has 0 amide bonds. The average Bonchev–Trinajstić information content (AvgIpc) is 2.38. The fraction of sp³-hybridized carbons (Fsp3) is 0.462. The Morgan fingerprint density at radius 3 is 3.06 bits per heavy atom. The quantitative estimate of drug-likeness (QED) is 0.801. The maximum atomic E-state index is 11.6. The summed E-state index contributed by atoms with van der Waals surface area (Å²) < 4.78 is 5.61. The van der Waals surface area contributed by atoms with Crippen molar-refractivity contribution in [1.82, 2.24) is 0 Å². The van der Waals surface area contributed by atoms with Gasteiger partial charge in [0.25, 0.3) is 0 Å². The average molecular weight is 233 g/mol. The molecule has 1 saturated heterocycles. The highest BCUT2D eigenvalue weighted by Crippen LogP contribution is 2.39. The van der Waals surface area contributed by atoms with Gasteiger partial charge in [0.05, 0.1) is 6.61 Å². The third-order valence-corrected chi connectivity index (χ3v) is 3.65. The van der Waals surface area contributed by atoms with E-state index in [9.17, 15) is 9.90 Å². The Balaban J connectivity index is 2.09. The van der Waals surface area contributed by atoms with Crippen molar-refractivity contribution in [2.24, 2.45) is 0 Å². The lowest BCUT2D eigenvalue weighted by molar-refractivity contribution is -0.171. The molecular formula is C13H15NO3. The van der Waals surface area contributed by atoms with Crippen molar-refractivity contribution in [3.8, 4) is 0 Å². The van der Waals surface area contributed by atoms with E-state index < -0.39 is 11.7 Å². The number of hydrogen-bond donors (Lipinski definition) is 1. The van der Waals surface area contributed by atoms with E-state index in [-0.39, 0.29) is 0 Å². The molecule has 17 heavy (non-hydrogen) atoms. The molecule has 1 aromatic carbocycles. The molecule has 1 aromatic rings. The van der Waals surface area contributed by atoms with Crippen molar-refractivity contribution in [2.75, 3.05) is 18.1 Å². The lowest BCUT2D eigenvalue weighted by atomic mass is 9.91. The van der Waals surface area contributed by atoms with Crippen molar-refractivity contribution >= 4 is 11.7 Å². The van der Waals surface area contributed by atoms with Crippen LogP contribution in [0.2, 0.25) is 0 Å². The minimum absolute atomic E-state index is 0.527. The second kappa shape index (κ2) is 3.74. The molecule has 1 N–H and O–H groups in total. The number of hydrogen-bond acceptors (Lipinski definition) is 3. The topological polar surface area (TPSA) is 49.8 Å². The molecule has 0 spiro atoms. The molecule has 2 heterocycles. The molecule has 0 aromatic heterocycles. The SMILES string of the molecule is O=C(O)C12CCc3ccccc3N1CCCO2. The first-order valence-electron chi connectivity index (χ1n) is 5.97. The van der Waals surface area contributed by atoms with E-state index >= 15 is 0 Å². The highest BCUT2D eigenvalue weighted by Gasteiger charge is 2.50. The maximum absolute atomic E-state index is 11.6. The second-order valence-corrected chi connectivity index (χ2v) is 4.57. The second-order valence-electron chi connectivity index (χ2n) is 4.57. The summed E-state index contributed by atoms with van der Waals surface area (Å²) in [5.74, 6) is -0.869. The summed E-state index contributed by atoms with van der Waals surface area (Å²) in [5.41, 5.74) is 1.10. The van der Waals surface area contributed by atoms with Crippen molar-refractivity contribution in [3.05, 3.63) is 29.8 Å². The Morgan fingerprint density at radius 2 is 2.24 bits per heavy atom. The van der Waals surface area contributed by atoms with E-state index in [1.54, 1.807) is 0 Å². The molecule has 0 radical (unpaired) electrons. The third-order valence-electron chi connectivity index (χ3n) is 3.65. The summed E-state index contributed by atoms with van der Waals surface area (Å²) in [5, 5.41) is 9.48. The molecule has 0 aliphatic carbocycles. The van der Waals surface area contributed by atoms with Crippen molar-refractivity contribution < 1.29 is 14.6 Å². The number of ether oxygens (including phenoxy) is 1. The molecule has 4 heteroatoms. The van der Waals surface area contributed by atoms with Gasteiger partial charge in [0.2, 0.25) is 5.72 Å². The van der Waals surface area contributed by atoms with Gasteiger partial charge < -0.3 is 14.7 Å². The smallest absolute Gasteiger partial charge is 0.357 e. The van der Waals surface area contributed by atoms with Gasteiger partial charge in [-0.1, -0.05) is 18.2 Å². The van der Waals surface area contributed by atoms with Gasteiger partial charge in [-0.25, -0.2) is 4.79 Å². The summed E-state index contributed by atoms with van der Waals surface area (Å²) in [6.45, 7) is 1.29. The molecule has 90 valence electrons. The first kappa shape index (κ1) is 10.6. The highest BCUT2D eigenvalue weighted by atomic mass is 16.5. The number of carbonyl (C=O) groups is 1. The first-order chi connectivity index (χ1) is 8.24. The predicted octanol–water partition coefficient (Wildman–Crippen LogP) is 1.64. The predicted molar refractivity (Wildman–Crippen MR) is 63.0 cm³/mol. The molecule has 2 aliphatic heterocycles. The molecule has 0 bridgehead atoms. The van der Waals surface area contributed by atoms with E-state index in [0.29, 0.717) is 13.0 Å². The molecule has 1 unspecified atom stereocenters. The van der Waals surface area contributed by atoms with Gasteiger partial charge in [-0.15, -0.1) is 0 Å². The van der Waals surface area contributed by atoms with Crippen molar-refractivity contribution in [3.63, 3.8) is 0 Å². The normalized spacial score (nSPS) is 27.2. The van der Waals surface area contributed by atoms with Crippen LogP contribution >= 0.6 is 0 Å². The first-order valence-corrected chi connectivity index (χ1v) is 5.97. The van der Waals surface area contributed by atoms with Crippen molar-refractivity contribution in [1.29, 1.82) is 0 Å². The Bertz CT molecular complexity index is 460. The lowest BCUT2D eigenvalue weighted by Gasteiger charge is -2.48. The van der Waals surface area contributed by atoms with Gasteiger partial charge in [-0.2, -0.15) is 0 Å². The molecule has 2 aliphatic rings. The Hall–Kier alpha value is -1.55. The van der Waals surface area contributed by atoms with Gasteiger partial charge in [0.15, 0.2) is 0 Å². The molecule has 3 rings (SSSR count). The summed E-state index contributed by atoms with van der Waals surface area (Å²) in [4.78, 5) is 13.5. The number of fused-ring (bicyclic) bond motifs is 3. The van der Waals surface area contributed by atoms with Crippen LogP contribution in [-0.2, 0) is 16.0 Å². The van der Waals surface area contributed by atoms with Gasteiger partial charge in [0.1, 0.15) is 0 Å². The van der Waals surface area contributed by atoms with Crippen molar-refractivity contribution in [2.45, 2.75) is 25.0 Å². The van der Waals surface area contributed by atoms with Gasteiger partial charge >= 0.3 is 5.97 Å². The Morgan fingerprint density at radius 1 is 1.41 bits per heavy atom. The number of carboxylic acid groups (broad SMARTS) is 1. The molecule has 1 atom stereocenters. The summed E-state index contributed by atoms with van der Waals surface area (Å²) in [6.07, 6.45) is 2.17. The van der Waals surface area contributed by atoms with Crippen LogP contribution in [0, 0.1) is 0 Å². The lowest BCUT2D eigenvalue weighted by Crippen LogP contribution is -2.62. The zero-order valence-corrected chi connectivity index (χ0v) is 9.56. The highest BCUT2D eigenvalue weighted by molar-refractivity contribution is 5.83. The molecule has 0 saturated carbocycles. The zero-order chi connectivity index (χ0) is 11.9. The number of aryl methyl sites for hydroxylation is 1. The van der Waals surface area contributed by atoms with Gasteiger partial charge in [-0.3, -0.25) is 0 Å². The Kier molecular flexibility index (Phi) is 2.33. The molecule has 1 fully saturated rings. The summed E-state index contributed by atoms with van der Waals surface area (Å²) in [6, 6.07) is 8.00. The van der Waals surface area contributed by atoms with Gasteiger partial charge in [0, 0.05) is 18.7 Å². The van der Waals surface area contributed by atoms with Crippen LogP contribution in [0.15, 0.2) is 24.3 Å². The van der Waals surface area contributed by atoms with Gasteiger partial charge in [-0.05, 0) is 24.5 Å². The van der Waals surface area contributed by atoms with Crippen LogP contribution in [0.3, 0.4) is 0 Å². The van der Waals surface area contributed by atoms with E-state index in [1.807, 2.05) is 23.1 Å². The third kappa shape index (κ3) is 1.44. The number of aliphatic carboxylic acids is 1. The number of carboxylic acids is 1. The number of anilines is 1. The summed E-state index contributed by atoms with van der Waals surface area (Å²) in [7, 11) is 0. The monoisotopic (exact) mass is 233 g/mol. The van der Waals surface area contributed by atoms with E-state index in [4.69, 9.17) is 4.74 Å². The Labute approximate surface area is 99.8 Å². The van der Waals surface area contributed by atoms with Crippen LogP contribution in [0.1, 0.15) is 18.4 Å². The van der Waals surface area contributed by atoms with E-state index in [0.717, 1.165) is 25.1 Å². The minimum Gasteiger partial charge on any atom is -0.478 e. The maximum Gasteiger partial charge on any atom is 0.357 e. The number of rotatable bonds is 1. The standard InChI is InChI=1S/C13H15NO3/c15-12(16)13-7-6-10-4-1-2-5-11(10)14(13)8-3-9-17-13/h1-2,4-5H,3,6-9H2,(H,15,16). The number of para-hydroxylation sites is 1. The fourth-order valence-corrected chi connectivity index (χ4v) is 2.82. The number of nitrogens with zero attached hydrogens (tertiary/aromatic N) is 1. The summed E-state index contributed by atoms with van der Waals surface area (Å²) >= 11 is 0. The van der Waals surface area contributed by atoms with Crippen LogP contribution in [-0.4, -0.2) is 30.0 Å². The molecular weight excluding hydrogens is 218 g/mol. The largest absolute Gasteiger partial charge is 0.478 e. The van der Waals surface area contributed by atoms with Crippen LogP contribution in [0.5, 0.6) is 0 Å². The number of benzene rings is 1. The minimum atomic E-state index is -1.13. The fourth-order valence-electron chi connectivity index (χ4n) is 2.82. The van der Waals surface area contributed by atoms with E-state index in [2.05, 4.69) is 6.07 Å².